The van der Waals surface area contributed by atoms with Gasteiger partial charge in [-0.3, -0.25) is 0 Å². The maximum atomic E-state index is 11.9. The van der Waals surface area contributed by atoms with Crippen molar-refractivity contribution in [1.29, 1.82) is 0 Å². The zero-order chi connectivity index (χ0) is 16.2. The zero-order valence-electron chi connectivity index (χ0n) is 12.9. The summed E-state index contributed by atoms with van der Waals surface area (Å²) < 4.78 is 5.01. The van der Waals surface area contributed by atoms with E-state index in [-0.39, 0.29) is 23.4 Å². The Bertz CT molecular complexity index is 520. The van der Waals surface area contributed by atoms with Crippen LogP contribution < -0.4 is 5.32 Å². The third-order valence-electron chi connectivity index (χ3n) is 2.98. The number of esters is 1. The lowest BCUT2D eigenvalue weighted by molar-refractivity contribution is -0.145. The number of aromatic carboxylic acids is 1. The number of carboxylic acid groups (broad SMARTS) is 1. The smallest absolute Gasteiger partial charge is 0.339 e. The molecule has 1 atom stereocenters. The molecule has 1 aromatic rings. The van der Waals surface area contributed by atoms with Crippen molar-refractivity contribution in [2.24, 2.45) is 5.92 Å². The molecule has 1 heterocycles. The Morgan fingerprint density at radius 3 is 2.14 bits per heavy atom. The standard InChI is InChI=1S/C14H21N3O4/c1-6-21-13(20)11(7(2)3)17-14-15-8(4)10(12(18)19)9(5)16-14/h7,11H,6H2,1-5H3,(H,18,19)(H,15,16,17)/t11-/m1/s1. The summed E-state index contributed by atoms with van der Waals surface area (Å²) in [5, 5.41) is 12.0. The molecule has 21 heavy (non-hydrogen) atoms. The van der Waals surface area contributed by atoms with Crippen molar-refractivity contribution >= 4 is 17.9 Å². The van der Waals surface area contributed by atoms with Gasteiger partial charge in [-0.05, 0) is 26.7 Å². The van der Waals surface area contributed by atoms with Gasteiger partial charge in [0.15, 0.2) is 0 Å². The van der Waals surface area contributed by atoms with Crippen LogP contribution in [0.1, 0.15) is 42.5 Å². The van der Waals surface area contributed by atoms with Crippen molar-refractivity contribution in [3.63, 3.8) is 0 Å². The second kappa shape index (κ2) is 7.01. The van der Waals surface area contributed by atoms with Gasteiger partial charge in [0.25, 0.3) is 0 Å². The number of carboxylic acids is 1. The summed E-state index contributed by atoms with van der Waals surface area (Å²) in [6.45, 7) is 8.97. The van der Waals surface area contributed by atoms with Gasteiger partial charge in [0, 0.05) is 0 Å². The molecule has 1 rings (SSSR count). The van der Waals surface area contributed by atoms with Crippen molar-refractivity contribution in [3.05, 3.63) is 17.0 Å². The van der Waals surface area contributed by atoms with Gasteiger partial charge < -0.3 is 15.2 Å². The average molecular weight is 295 g/mol. The van der Waals surface area contributed by atoms with Crippen molar-refractivity contribution in [1.82, 2.24) is 9.97 Å². The molecule has 1 aromatic heterocycles. The van der Waals surface area contributed by atoms with E-state index in [1.165, 1.54) is 0 Å². The topological polar surface area (TPSA) is 101 Å². The van der Waals surface area contributed by atoms with Gasteiger partial charge in [-0.2, -0.15) is 0 Å². The first-order valence-electron chi connectivity index (χ1n) is 6.79. The Hall–Kier alpha value is -2.18. The number of aromatic nitrogens is 2. The minimum Gasteiger partial charge on any atom is -0.478 e. The number of hydrogen-bond acceptors (Lipinski definition) is 6. The number of rotatable bonds is 6. The Morgan fingerprint density at radius 1 is 1.24 bits per heavy atom. The summed E-state index contributed by atoms with van der Waals surface area (Å²) in [4.78, 5) is 31.2. The Morgan fingerprint density at radius 2 is 1.76 bits per heavy atom. The highest BCUT2D eigenvalue weighted by atomic mass is 16.5. The van der Waals surface area contributed by atoms with Crippen LogP contribution in [0, 0.1) is 19.8 Å². The molecule has 7 heteroatoms. The molecule has 0 spiro atoms. The highest BCUT2D eigenvalue weighted by Gasteiger charge is 2.25. The third kappa shape index (κ3) is 4.14. The highest BCUT2D eigenvalue weighted by Crippen LogP contribution is 2.15. The van der Waals surface area contributed by atoms with Crippen molar-refractivity contribution in [2.45, 2.75) is 40.7 Å². The van der Waals surface area contributed by atoms with E-state index in [4.69, 9.17) is 9.84 Å². The van der Waals surface area contributed by atoms with Crippen LogP contribution in [0.15, 0.2) is 0 Å². The number of nitrogens with one attached hydrogen (secondary N) is 1. The minimum absolute atomic E-state index is 0.0209. The lowest BCUT2D eigenvalue weighted by atomic mass is 10.1. The van der Waals surface area contributed by atoms with Crippen LogP contribution in [0.3, 0.4) is 0 Å². The first kappa shape index (κ1) is 16.9. The Balaban J connectivity index is 3.05. The number of ether oxygens (including phenoxy) is 1. The van der Waals surface area contributed by atoms with Crippen LogP contribution in [0.25, 0.3) is 0 Å². The highest BCUT2D eigenvalue weighted by molar-refractivity contribution is 5.90. The second-order valence-corrected chi connectivity index (χ2v) is 5.02. The monoisotopic (exact) mass is 295 g/mol. The molecule has 0 unspecified atom stereocenters. The summed E-state index contributed by atoms with van der Waals surface area (Å²) >= 11 is 0. The third-order valence-corrected chi connectivity index (χ3v) is 2.98. The van der Waals surface area contributed by atoms with Crippen molar-refractivity contribution in [2.75, 3.05) is 11.9 Å². The molecule has 0 saturated carbocycles. The van der Waals surface area contributed by atoms with E-state index in [2.05, 4.69) is 15.3 Å². The van der Waals surface area contributed by atoms with Gasteiger partial charge in [0.1, 0.15) is 11.6 Å². The quantitative estimate of drug-likeness (QED) is 0.771. The molecule has 0 aliphatic rings. The molecule has 0 saturated heterocycles. The van der Waals surface area contributed by atoms with Gasteiger partial charge in [-0.15, -0.1) is 0 Å². The average Bonchev–Trinajstić information content (AvgIpc) is 2.34. The van der Waals surface area contributed by atoms with Crippen molar-refractivity contribution in [3.8, 4) is 0 Å². The SMILES string of the molecule is CCOC(=O)[C@H](Nc1nc(C)c(C(=O)O)c(C)n1)C(C)C. The van der Waals surface area contributed by atoms with E-state index in [0.29, 0.717) is 18.0 Å². The maximum Gasteiger partial charge on any atom is 0.339 e. The minimum atomic E-state index is -1.07. The van der Waals surface area contributed by atoms with Gasteiger partial charge in [-0.25, -0.2) is 19.6 Å². The number of carbonyl (C=O) groups is 2. The van der Waals surface area contributed by atoms with E-state index in [9.17, 15) is 9.59 Å². The molecule has 0 radical (unpaired) electrons. The van der Waals surface area contributed by atoms with E-state index >= 15 is 0 Å². The molecule has 0 bridgehead atoms. The molecule has 0 amide bonds. The van der Waals surface area contributed by atoms with Crippen LogP contribution in [-0.4, -0.2) is 39.7 Å². The fraction of sp³-hybridized carbons (Fsp3) is 0.571. The van der Waals surface area contributed by atoms with E-state index in [1.807, 2.05) is 13.8 Å². The lowest BCUT2D eigenvalue weighted by Gasteiger charge is -2.21. The number of aryl methyl sites for hydroxylation is 2. The molecule has 7 nitrogen and oxygen atoms in total. The van der Waals surface area contributed by atoms with Gasteiger partial charge >= 0.3 is 11.9 Å². The summed E-state index contributed by atoms with van der Waals surface area (Å²) in [6.07, 6.45) is 0. The van der Waals surface area contributed by atoms with Crippen molar-refractivity contribution < 1.29 is 19.4 Å². The number of anilines is 1. The fourth-order valence-electron chi connectivity index (χ4n) is 1.96. The summed E-state index contributed by atoms with van der Waals surface area (Å²) in [5.41, 5.74) is 0.783. The van der Waals surface area contributed by atoms with E-state index in [0.717, 1.165) is 0 Å². The summed E-state index contributed by atoms with van der Waals surface area (Å²) in [7, 11) is 0. The van der Waals surface area contributed by atoms with Crippen LogP contribution >= 0.6 is 0 Å². The molecule has 2 N–H and O–H groups in total. The van der Waals surface area contributed by atoms with Gasteiger partial charge in [-0.1, -0.05) is 13.8 Å². The lowest BCUT2D eigenvalue weighted by Crippen LogP contribution is -2.37. The van der Waals surface area contributed by atoms with Crippen LogP contribution in [0.5, 0.6) is 0 Å². The van der Waals surface area contributed by atoms with Crippen LogP contribution in [0.2, 0.25) is 0 Å². The van der Waals surface area contributed by atoms with Gasteiger partial charge in [0.2, 0.25) is 5.95 Å². The number of nitrogens with zero attached hydrogens (tertiary/aromatic N) is 2. The fourth-order valence-corrected chi connectivity index (χ4v) is 1.96. The largest absolute Gasteiger partial charge is 0.478 e. The Kier molecular flexibility index (Phi) is 5.63. The molecule has 116 valence electrons. The predicted octanol–water partition coefficient (Wildman–Crippen LogP) is 1.79. The molecular weight excluding hydrogens is 274 g/mol. The summed E-state index contributed by atoms with van der Waals surface area (Å²) in [6, 6.07) is -0.584. The normalized spacial score (nSPS) is 12.1. The zero-order valence-corrected chi connectivity index (χ0v) is 12.9. The second-order valence-electron chi connectivity index (χ2n) is 5.02. The number of hydrogen-bond donors (Lipinski definition) is 2. The van der Waals surface area contributed by atoms with Gasteiger partial charge in [0.05, 0.1) is 18.0 Å². The molecule has 0 fully saturated rings. The van der Waals surface area contributed by atoms with E-state index in [1.54, 1.807) is 20.8 Å². The molecule has 0 aliphatic heterocycles. The molecule has 0 aromatic carbocycles. The number of carbonyl (C=O) groups excluding carboxylic acids is 1. The van der Waals surface area contributed by atoms with Crippen LogP contribution in [0.4, 0.5) is 5.95 Å². The van der Waals surface area contributed by atoms with Crippen LogP contribution in [-0.2, 0) is 9.53 Å². The first-order chi connectivity index (χ1) is 9.77. The van der Waals surface area contributed by atoms with E-state index < -0.39 is 12.0 Å². The Labute approximate surface area is 123 Å². The predicted molar refractivity (Wildman–Crippen MR) is 77.3 cm³/mol. The molecule has 0 aliphatic carbocycles. The maximum absolute atomic E-state index is 11.9. The first-order valence-corrected chi connectivity index (χ1v) is 6.79. The molecular formula is C14H21N3O4. The summed E-state index contributed by atoms with van der Waals surface area (Å²) in [5.74, 6) is -1.25.